The van der Waals surface area contributed by atoms with Gasteiger partial charge in [-0.2, -0.15) is 0 Å². The maximum atomic E-state index is 10.9. The molecule has 4 nitrogen and oxygen atoms in total. The third kappa shape index (κ3) is 3.53. The lowest BCUT2D eigenvalue weighted by Crippen LogP contribution is -2.04. The van der Waals surface area contributed by atoms with E-state index >= 15 is 0 Å². The predicted octanol–water partition coefficient (Wildman–Crippen LogP) is 1.40. The maximum Gasteiger partial charge on any atom is 0.316 e. The van der Waals surface area contributed by atoms with E-state index in [4.69, 9.17) is 0 Å². The van der Waals surface area contributed by atoms with Crippen molar-refractivity contribution in [2.24, 2.45) is 0 Å². The van der Waals surface area contributed by atoms with Crippen LogP contribution in [0.4, 0.5) is 0 Å². The van der Waals surface area contributed by atoms with Crippen LogP contribution >= 0.6 is 11.8 Å². The number of hydrogen-bond donors (Lipinski definition) is 1. The van der Waals surface area contributed by atoms with Crippen LogP contribution in [0.5, 0.6) is 0 Å². The quantitative estimate of drug-likeness (QED) is 0.622. The summed E-state index contributed by atoms with van der Waals surface area (Å²) in [4.78, 5) is 15.0. The van der Waals surface area contributed by atoms with Gasteiger partial charge in [0.25, 0.3) is 0 Å². The number of aromatic nitrogens is 1. The Kier molecular flexibility index (Phi) is 4.58. The summed E-state index contributed by atoms with van der Waals surface area (Å²) < 4.78 is 4.52. The van der Waals surface area contributed by atoms with E-state index in [-0.39, 0.29) is 11.7 Å². The van der Waals surface area contributed by atoms with E-state index in [1.807, 2.05) is 0 Å². The molecule has 82 valence electrons. The molecule has 1 rings (SSSR count). The minimum absolute atomic E-state index is 0.202. The van der Waals surface area contributed by atoms with Crippen LogP contribution in [0.25, 0.3) is 0 Å². The highest BCUT2D eigenvalue weighted by Gasteiger charge is 2.10. The Bertz CT molecular complexity index is 341. The van der Waals surface area contributed by atoms with Gasteiger partial charge in [0.1, 0.15) is 5.03 Å². The number of thioether (sulfide) groups is 1. The number of esters is 1. The number of methoxy groups -OCH3 is 1. The van der Waals surface area contributed by atoms with Crippen molar-refractivity contribution >= 4 is 17.7 Å². The summed E-state index contributed by atoms with van der Waals surface area (Å²) in [5, 5.41) is 10.1. The topological polar surface area (TPSA) is 59.4 Å². The molecule has 15 heavy (non-hydrogen) atoms. The molecule has 0 amide bonds. The third-order valence-corrected chi connectivity index (χ3v) is 2.80. The average molecular weight is 227 g/mol. The van der Waals surface area contributed by atoms with Crippen molar-refractivity contribution in [2.75, 3.05) is 12.9 Å². The molecule has 0 bridgehead atoms. The molecule has 0 spiro atoms. The Morgan fingerprint density at radius 3 is 3.07 bits per heavy atom. The van der Waals surface area contributed by atoms with E-state index in [9.17, 15) is 9.90 Å². The number of aliphatic hydroxyl groups excluding tert-OH is 1. The molecule has 1 aromatic heterocycles. The first-order valence-corrected chi connectivity index (χ1v) is 5.46. The number of hydrogen-bond acceptors (Lipinski definition) is 5. The third-order valence-electron chi connectivity index (χ3n) is 1.81. The van der Waals surface area contributed by atoms with E-state index < -0.39 is 6.10 Å². The Hall–Kier alpha value is -1.07. The lowest BCUT2D eigenvalue weighted by Gasteiger charge is -2.09. The summed E-state index contributed by atoms with van der Waals surface area (Å²) in [6, 6.07) is 3.54. The molecule has 0 radical (unpaired) electrons. The zero-order chi connectivity index (χ0) is 11.3. The van der Waals surface area contributed by atoms with Crippen LogP contribution in [0.1, 0.15) is 18.6 Å². The lowest BCUT2D eigenvalue weighted by molar-refractivity contribution is -0.137. The molecule has 0 aliphatic rings. The maximum absolute atomic E-state index is 10.9. The minimum atomic E-state index is -0.584. The number of carbonyl (C=O) groups is 1. The highest BCUT2D eigenvalue weighted by atomic mass is 32.2. The van der Waals surface area contributed by atoms with E-state index in [1.54, 1.807) is 25.3 Å². The van der Waals surface area contributed by atoms with Crippen LogP contribution in [-0.4, -0.2) is 28.9 Å². The normalized spacial score (nSPS) is 12.2. The largest absolute Gasteiger partial charge is 0.468 e. The number of carbonyl (C=O) groups excluding carboxylic acids is 1. The monoisotopic (exact) mass is 227 g/mol. The molecule has 1 heterocycles. The van der Waals surface area contributed by atoms with Gasteiger partial charge in [-0.25, -0.2) is 4.98 Å². The highest BCUT2D eigenvalue weighted by molar-refractivity contribution is 7.99. The fourth-order valence-corrected chi connectivity index (χ4v) is 1.94. The first kappa shape index (κ1) is 12.0. The number of aliphatic hydroxyl groups is 1. The molecule has 0 saturated carbocycles. The van der Waals surface area contributed by atoms with Crippen LogP contribution in [0.15, 0.2) is 23.4 Å². The summed E-state index contributed by atoms with van der Waals surface area (Å²) in [6.07, 6.45) is 1.05. The van der Waals surface area contributed by atoms with Crippen molar-refractivity contribution in [3.05, 3.63) is 23.9 Å². The van der Waals surface area contributed by atoms with E-state index in [1.165, 1.54) is 18.9 Å². The lowest BCUT2D eigenvalue weighted by atomic mass is 10.2. The summed E-state index contributed by atoms with van der Waals surface area (Å²) in [7, 11) is 1.34. The molecule has 0 aliphatic heterocycles. The van der Waals surface area contributed by atoms with Gasteiger partial charge in [0.2, 0.25) is 0 Å². The number of rotatable bonds is 4. The molecular formula is C10H13NO3S. The molecular weight excluding hydrogens is 214 g/mol. The second-order valence-electron chi connectivity index (χ2n) is 2.94. The van der Waals surface area contributed by atoms with E-state index in [0.717, 1.165) is 5.56 Å². The second kappa shape index (κ2) is 5.72. The Morgan fingerprint density at radius 2 is 2.47 bits per heavy atom. The molecule has 1 N–H and O–H groups in total. The molecule has 0 saturated heterocycles. The SMILES string of the molecule is COC(=O)CSc1ncccc1[C@H](C)O. The van der Waals surface area contributed by atoms with E-state index in [2.05, 4.69) is 9.72 Å². The molecule has 0 aliphatic carbocycles. The summed E-state index contributed by atoms with van der Waals surface area (Å²) in [5.74, 6) is -0.102. The van der Waals surface area contributed by atoms with Crippen LogP contribution < -0.4 is 0 Å². The van der Waals surface area contributed by atoms with Gasteiger partial charge < -0.3 is 9.84 Å². The summed E-state index contributed by atoms with van der Waals surface area (Å²) >= 11 is 1.26. The standard InChI is InChI=1S/C10H13NO3S/c1-7(12)8-4-3-5-11-10(8)15-6-9(13)14-2/h3-5,7,12H,6H2,1-2H3/t7-/m0/s1. The summed E-state index contributed by atoms with van der Waals surface area (Å²) in [5.41, 5.74) is 0.728. The van der Waals surface area contributed by atoms with Gasteiger partial charge in [0.05, 0.1) is 19.0 Å². The van der Waals surface area contributed by atoms with Gasteiger partial charge in [-0.05, 0) is 13.0 Å². The van der Waals surface area contributed by atoms with Gasteiger partial charge in [0.15, 0.2) is 0 Å². The molecule has 5 heteroatoms. The van der Waals surface area contributed by atoms with Crippen LogP contribution in [-0.2, 0) is 9.53 Å². The molecule has 0 fully saturated rings. The zero-order valence-electron chi connectivity index (χ0n) is 8.64. The van der Waals surface area contributed by atoms with Gasteiger partial charge in [-0.3, -0.25) is 4.79 Å². The Morgan fingerprint density at radius 1 is 1.73 bits per heavy atom. The van der Waals surface area contributed by atoms with Crippen LogP contribution in [0.2, 0.25) is 0 Å². The number of nitrogens with zero attached hydrogens (tertiary/aromatic N) is 1. The average Bonchev–Trinajstić information content (AvgIpc) is 2.26. The Labute approximate surface area is 92.7 Å². The fraction of sp³-hybridized carbons (Fsp3) is 0.400. The van der Waals surface area contributed by atoms with Crippen LogP contribution in [0, 0.1) is 0 Å². The molecule has 0 aromatic carbocycles. The second-order valence-corrected chi connectivity index (χ2v) is 3.90. The predicted molar refractivity (Wildman–Crippen MR) is 57.6 cm³/mol. The van der Waals surface area contributed by atoms with Crippen molar-refractivity contribution in [3.63, 3.8) is 0 Å². The van der Waals surface area contributed by atoms with Crippen molar-refractivity contribution in [2.45, 2.75) is 18.1 Å². The first-order chi connectivity index (χ1) is 7.15. The summed E-state index contributed by atoms with van der Waals surface area (Å²) in [6.45, 7) is 1.67. The first-order valence-electron chi connectivity index (χ1n) is 4.47. The van der Waals surface area contributed by atoms with Crippen molar-refractivity contribution in [3.8, 4) is 0 Å². The molecule has 1 atom stereocenters. The van der Waals surface area contributed by atoms with Gasteiger partial charge in [-0.1, -0.05) is 17.8 Å². The smallest absolute Gasteiger partial charge is 0.316 e. The zero-order valence-corrected chi connectivity index (χ0v) is 9.45. The van der Waals surface area contributed by atoms with Crippen molar-refractivity contribution in [1.82, 2.24) is 4.98 Å². The fourth-order valence-electron chi connectivity index (χ4n) is 1.03. The molecule has 1 aromatic rings. The van der Waals surface area contributed by atoms with Gasteiger partial charge >= 0.3 is 5.97 Å². The van der Waals surface area contributed by atoms with Crippen molar-refractivity contribution < 1.29 is 14.6 Å². The van der Waals surface area contributed by atoms with Crippen LogP contribution in [0.3, 0.4) is 0 Å². The number of pyridine rings is 1. The van der Waals surface area contributed by atoms with Crippen molar-refractivity contribution in [1.29, 1.82) is 0 Å². The van der Waals surface area contributed by atoms with Gasteiger partial charge in [0, 0.05) is 11.8 Å². The number of ether oxygens (including phenoxy) is 1. The molecule has 0 unspecified atom stereocenters. The van der Waals surface area contributed by atoms with Gasteiger partial charge in [-0.15, -0.1) is 0 Å². The minimum Gasteiger partial charge on any atom is -0.468 e. The Balaban J connectivity index is 2.71. The highest BCUT2D eigenvalue weighted by Crippen LogP contribution is 2.24. The van der Waals surface area contributed by atoms with E-state index in [0.29, 0.717) is 5.03 Å².